The van der Waals surface area contributed by atoms with Crippen molar-refractivity contribution in [3.05, 3.63) is 46.2 Å². The van der Waals surface area contributed by atoms with E-state index in [0.29, 0.717) is 6.54 Å². The summed E-state index contributed by atoms with van der Waals surface area (Å²) < 4.78 is 10.6. The number of hydrogen-bond acceptors (Lipinski definition) is 4. The molecule has 1 amide bonds. The summed E-state index contributed by atoms with van der Waals surface area (Å²) >= 11 is 1.69. The Kier molecular flexibility index (Phi) is 5.63. The lowest BCUT2D eigenvalue weighted by Crippen LogP contribution is -2.42. The smallest absolute Gasteiger partial charge is 0.231 e. The Balaban J connectivity index is 1.62. The molecule has 0 bridgehead atoms. The van der Waals surface area contributed by atoms with Gasteiger partial charge in [0.25, 0.3) is 0 Å². The van der Waals surface area contributed by atoms with E-state index in [1.807, 2.05) is 24.3 Å². The van der Waals surface area contributed by atoms with Crippen LogP contribution in [0.4, 0.5) is 0 Å². The third-order valence-corrected chi connectivity index (χ3v) is 6.11. The summed E-state index contributed by atoms with van der Waals surface area (Å²) in [5.74, 6) is 1.61. The molecule has 1 aromatic heterocycles. The van der Waals surface area contributed by atoms with Crippen molar-refractivity contribution in [2.24, 2.45) is 0 Å². The summed E-state index contributed by atoms with van der Waals surface area (Å²) in [7, 11) is 3.26. The van der Waals surface area contributed by atoms with Gasteiger partial charge in [-0.1, -0.05) is 25.0 Å². The molecular formula is C20H25NO3S. The van der Waals surface area contributed by atoms with Crippen molar-refractivity contribution in [3.63, 3.8) is 0 Å². The Morgan fingerprint density at radius 2 is 1.92 bits per heavy atom. The molecule has 1 fully saturated rings. The third kappa shape index (κ3) is 3.66. The molecule has 134 valence electrons. The topological polar surface area (TPSA) is 47.6 Å². The maximum Gasteiger partial charge on any atom is 0.231 e. The highest BCUT2D eigenvalue weighted by Gasteiger charge is 2.43. The van der Waals surface area contributed by atoms with Gasteiger partial charge in [-0.05, 0) is 48.4 Å². The first-order valence-corrected chi connectivity index (χ1v) is 9.61. The molecule has 1 heterocycles. The Labute approximate surface area is 153 Å². The van der Waals surface area contributed by atoms with E-state index in [1.165, 1.54) is 4.88 Å². The highest BCUT2D eigenvalue weighted by molar-refractivity contribution is 7.10. The van der Waals surface area contributed by atoms with E-state index in [4.69, 9.17) is 9.47 Å². The molecule has 1 aliphatic carbocycles. The minimum absolute atomic E-state index is 0.174. The molecule has 1 aromatic carbocycles. The van der Waals surface area contributed by atoms with Crippen LogP contribution in [0.3, 0.4) is 0 Å². The molecule has 1 N–H and O–H groups in total. The molecule has 3 rings (SSSR count). The van der Waals surface area contributed by atoms with Crippen molar-refractivity contribution in [1.82, 2.24) is 5.32 Å². The van der Waals surface area contributed by atoms with Gasteiger partial charge in [-0.25, -0.2) is 0 Å². The van der Waals surface area contributed by atoms with Crippen LogP contribution < -0.4 is 14.8 Å². The maximum atomic E-state index is 12.9. The maximum absolute atomic E-state index is 12.9. The van der Waals surface area contributed by atoms with E-state index in [2.05, 4.69) is 16.8 Å². The molecule has 25 heavy (non-hydrogen) atoms. The summed E-state index contributed by atoms with van der Waals surface area (Å²) in [6.07, 6.45) is 4.93. The number of carbonyl (C=O) groups excluding carboxylic acids is 1. The van der Waals surface area contributed by atoms with Crippen molar-refractivity contribution in [2.45, 2.75) is 37.5 Å². The van der Waals surface area contributed by atoms with Gasteiger partial charge in [0, 0.05) is 11.4 Å². The number of hydrogen-bond donors (Lipinski definition) is 1. The molecule has 1 aliphatic rings. The number of amides is 1. The van der Waals surface area contributed by atoms with Crippen LogP contribution in [0.1, 0.15) is 36.1 Å². The third-order valence-electron chi connectivity index (χ3n) is 5.03. The average molecular weight is 359 g/mol. The summed E-state index contributed by atoms with van der Waals surface area (Å²) in [6.45, 7) is 0.626. The fourth-order valence-electron chi connectivity index (χ4n) is 3.64. The summed E-state index contributed by atoms with van der Waals surface area (Å²) in [5.41, 5.74) is 0.806. The van der Waals surface area contributed by atoms with Gasteiger partial charge in [0.2, 0.25) is 5.91 Å². The largest absolute Gasteiger partial charge is 0.493 e. The fourth-order valence-corrected chi connectivity index (χ4v) is 4.62. The van der Waals surface area contributed by atoms with Crippen LogP contribution in [0.15, 0.2) is 35.7 Å². The van der Waals surface area contributed by atoms with E-state index in [9.17, 15) is 4.79 Å². The quantitative estimate of drug-likeness (QED) is 0.815. The van der Waals surface area contributed by atoms with E-state index in [-0.39, 0.29) is 11.3 Å². The van der Waals surface area contributed by atoms with Crippen LogP contribution in [0.5, 0.6) is 11.5 Å². The molecule has 2 aromatic rings. The van der Waals surface area contributed by atoms with Gasteiger partial charge < -0.3 is 14.8 Å². The molecule has 0 atom stereocenters. The van der Waals surface area contributed by atoms with Crippen LogP contribution in [0, 0.1) is 0 Å². The Bertz CT molecular complexity index is 706. The van der Waals surface area contributed by atoms with Gasteiger partial charge in [-0.15, -0.1) is 11.3 Å². The number of thiophene rings is 1. The second-order valence-electron chi connectivity index (χ2n) is 6.46. The Hall–Kier alpha value is -2.01. The number of methoxy groups -OCH3 is 2. The van der Waals surface area contributed by atoms with Crippen LogP contribution in [0.25, 0.3) is 0 Å². The van der Waals surface area contributed by atoms with Gasteiger partial charge in [0.15, 0.2) is 11.5 Å². The van der Waals surface area contributed by atoms with Crippen molar-refractivity contribution in [1.29, 1.82) is 0 Å². The number of benzene rings is 1. The lowest BCUT2D eigenvalue weighted by atomic mass is 9.83. The fraction of sp³-hybridized carbons (Fsp3) is 0.450. The predicted molar refractivity (Wildman–Crippen MR) is 101 cm³/mol. The lowest BCUT2D eigenvalue weighted by molar-refractivity contribution is -0.126. The van der Waals surface area contributed by atoms with Crippen molar-refractivity contribution in [2.75, 3.05) is 20.8 Å². The molecule has 0 saturated heterocycles. The number of nitrogens with one attached hydrogen (secondary N) is 1. The zero-order chi connectivity index (χ0) is 17.7. The van der Waals surface area contributed by atoms with Gasteiger partial charge >= 0.3 is 0 Å². The number of ether oxygens (including phenoxy) is 2. The van der Waals surface area contributed by atoms with Crippen LogP contribution in [-0.4, -0.2) is 26.7 Å². The zero-order valence-electron chi connectivity index (χ0n) is 14.8. The first kappa shape index (κ1) is 17.8. The van der Waals surface area contributed by atoms with E-state index in [1.54, 1.807) is 25.6 Å². The van der Waals surface area contributed by atoms with Crippen molar-refractivity contribution >= 4 is 17.2 Å². The zero-order valence-corrected chi connectivity index (χ0v) is 15.7. The van der Waals surface area contributed by atoms with Crippen LogP contribution >= 0.6 is 11.3 Å². The Morgan fingerprint density at radius 1 is 1.16 bits per heavy atom. The van der Waals surface area contributed by atoms with Crippen LogP contribution in [0.2, 0.25) is 0 Å². The monoisotopic (exact) mass is 359 g/mol. The molecule has 4 nitrogen and oxygen atoms in total. The normalized spacial score (nSPS) is 15.8. The molecular weight excluding hydrogens is 334 g/mol. The van der Waals surface area contributed by atoms with E-state index in [0.717, 1.165) is 49.2 Å². The van der Waals surface area contributed by atoms with Crippen molar-refractivity contribution in [3.8, 4) is 11.5 Å². The molecule has 0 unspecified atom stereocenters. The second kappa shape index (κ2) is 7.91. The van der Waals surface area contributed by atoms with E-state index < -0.39 is 0 Å². The number of carbonyl (C=O) groups is 1. The molecule has 5 heteroatoms. The first-order valence-electron chi connectivity index (χ1n) is 8.73. The summed E-state index contributed by atoms with van der Waals surface area (Å²) in [6, 6.07) is 10.0. The van der Waals surface area contributed by atoms with Crippen molar-refractivity contribution < 1.29 is 14.3 Å². The van der Waals surface area contributed by atoms with Gasteiger partial charge in [-0.3, -0.25) is 4.79 Å². The minimum Gasteiger partial charge on any atom is -0.493 e. The standard InChI is InChI=1S/C20H25NO3S/c1-23-16-8-7-15(14-17(16)24-2)9-12-21-19(22)20(10-3-4-11-20)18-6-5-13-25-18/h5-8,13-14H,3-4,9-12H2,1-2H3,(H,21,22). The Morgan fingerprint density at radius 3 is 2.56 bits per heavy atom. The van der Waals surface area contributed by atoms with Gasteiger partial charge in [-0.2, -0.15) is 0 Å². The second-order valence-corrected chi connectivity index (χ2v) is 7.41. The van der Waals surface area contributed by atoms with Crippen LogP contribution in [-0.2, 0) is 16.6 Å². The highest BCUT2D eigenvalue weighted by Crippen LogP contribution is 2.43. The number of rotatable bonds is 7. The highest BCUT2D eigenvalue weighted by atomic mass is 32.1. The van der Waals surface area contributed by atoms with E-state index >= 15 is 0 Å². The lowest BCUT2D eigenvalue weighted by Gasteiger charge is -2.26. The molecule has 0 spiro atoms. The predicted octanol–water partition coefficient (Wildman–Crippen LogP) is 3.94. The molecule has 0 radical (unpaired) electrons. The van der Waals surface area contributed by atoms with Gasteiger partial charge in [0.05, 0.1) is 19.6 Å². The summed E-state index contributed by atoms with van der Waals surface area (Å²) in [5, 5.41) is 5.23. The first-order chi connectivity index (χ1) is 12.2. The SMILES string of the molecule is COc1ccc(CCNC(=O)C2(c3cccs3)CCCC2)cc1OC. The molecule has 1 saturated carbocycles. The van der Waals surface area contributed by atoms with Gasteiger partial charge in [0.1, 0.15) is 0 Å². The summed E-state index contributed by atoms with van der Waals surface area (Å²) in [4.78, 5) is 14.1. The average Bonchev–Trinajstić information content (AvgIpc) is 3.33. The minimum atomic E-state index is -0.314. The molecule has 0 aliphatic heterocycles.